The molecule has 0 aliphatic carbocycles. The molecule has 88 valence electrons. The molecule has 0 amide bonds. The zero-order chi connectivity index (χ0) is 12.3. The van der Waals surface area contributed by atoms with Crippen LogP contribution in [-0.2, 0) is 10.2 Å². The van der Waals surface area contributed by atoms with E-state index in [2.05, 4.69) is 0 Å². The molecule has 0 N–H and O–H groups in total. The minimum Gasteiger partial charge on any atom is -0.457 e. The van der Waals surface area contributed by atoms with Crippen molar-refractivity contribution >= 4 is 10.2 Å². The molecular weight excluding hydrogens is 243 g/mol. The number of benzene rings is 2. The molecule has 17 heavy (non-hydrogen) atoms. The third-order valence-electron chi connectivity index (χ3n) is 2.07. The van der Waals surface area contributed by atoms with Gasteiger partial charge in [0.15, 0.2) is 0 Å². The summed E-state index contributed by atoms with van der Waals surface area (Å²) in [5.41, 5.74) is 0. The van der Waals surface area contributed by atoms with Crippen molar-refractivity contribution in [2.24, 2.45) is 0 Å². The van der Waals surface area contributed by atoms with E-state index in [1.807, 2.05) is 6.07 Å². The molecule has 0 saturated carbocycles. The van der Waals surface area contributed by atoms with Gasteiger partial charge in [0.2, 0.25) is 0 Å². The summed E-state index contributed by atoms with van der Waals surface area (Å²) in [6.45, 7) is 0. The van der Waals surface area contributed by atoms with Gasteiger partial charge >= 0.3 is 10.2 Å². The van der Waals surface area contributed by atoms with E-state index in [9.17, 15) is 12.3 Å². The normalized spacial score (nSPS) is 11.1. The summed E-state index contributed by atoms with van der Waals surface area (Å²) >= 11 is 0. The highest BCUT2D eigenvalue weighted by Crippen LogP contribution is 2.24. The summed E-state index contributed by atoms with van der Waals surface area (Å²) in [6, 6.07) is 14.1. The quantitative estimate of drug-likeness (QED) is 0.788. The van der Waals surface area contributed by atoms with Crippen molar-refractivity contribution in [1.82, 2.24) is 0 Å². The molecular formula is C12H9FO3S. The van der Waals surface area contributed by atoms with Crippen LogP contribution in [0.5, 0.6) is 11.5 Å². The van der Waals surface area contributed by atoms with E-state index in [0.29, 0.717) is 5.75 Å². The van der Waals surface area contributed by atoms with E-state index in [1.54, 1.807) is 30.3 Å². The Balaban J connectivity index is 2.29. The maximum absolute atomic E-state index is 12.8. The highest BCUT2D eigenvalue weighted by atomic mass is 32.3. The van der Waals surface area contributed by atoms with Gasteiger partial charge in [-0.2, -0.15) is 8.42 Å². The first kappa shape index (κ1) is 11.6. The average Bonchev–Trinajstić information content (AvgIpc) is 2.29. The van der Waals surface area contributed by atoms with E-state index in [0.717, 1.165) is 6.07 Å². The summed E-state index contributed by atoms with van der Waals surface area (Å²) in [5, 5.41) is 0. The van der Waals surface area contributed by atoms with Gasteiger partial charge in [0.25, 0.3) is 0 Å². The molecule has 0 aliphatic rings. The predicted octanol–water partition coefficient (Wildman–Crippen LogP) is 3.14. The Morgan fingerprint density at radius 2 is 1.53 bits per heavy atom. The molecule has 0 saturated heterocycles. The first-order valence-corrected chi connectivity index (χ1v) is 6.22. The van der Waals surface area contributed by atoms with E-state index in [-0.39, 0.29) is 5.75 Å². The van der Waals surface area contributed by atoms with Crippen LogP contribution in [0.2, 0.25) is 0 Å². The van der Waals surface area contributed by atoms with Gasteiger partial charge in [-0.25, -0.2) is 0 Å². The third kappa shape index (κ3) is 3.04. The van der Waals surface area contributed by atoms with Crippen LogP contribution in [0.15, 0.2) is 59.5 Å². The second-order valence-electron chi connectivity index (χ2n) is 3.33. The summed E-state index contributed by atoms with van der Waals surface area (Å²) in [4.78, 5) is -0.411. The number of rotatable bonds is 3. The van der Waals surface area contributed by atoms with Crippen LogP contribution in [-0.4, -0.2) is 8.42 Å². The molecule has 2 aromatic carbocycles. The van der Waals surface area contributed by atoms with Crippen molar-refractivity contribution < 1.29 is 17.0 Å². The largest absolute Gasteiger partial charge is 0.457 e. The molecule has 2 aromatic rings. The highest BCUT2D eigenvalue weighted by molar-refractivity contribution is 7.86. The number of hydrogen-bond donors (Lipinski definition) is 0. The molecule has 0 radical (unpaired) electrons. The van der Waals surface area contributed by atoms with E-state index in [4.69, 9.17) is 4.74 Å². The second kappa shape index (κ2) is 4.55. The molecule has 0 spiro atoms. The molecule has 0 heterocycles. The van der Waals surface area contributed by atoms with Crippen molar-refractivity contribution in [1.29, 1.82) is 0 Å². The lowest BCUT2D eigenvalue weighted by atomic mass is 10.3. The van der Waals surface area contributed by atoms with Crippen LogP contribution in [0.25, 0.3) is 0 Å². The molecule has 0 aromatic heterocycles. The van der Waals surface area contributed by atoms with E-state index >= 15 is 0 Å². The Hall–Kier alpha value is -1.88. The lowest BCUT2D eigenvalue weighted by Gasteiger charge is -2.05. The fourth-order valence-electron chi connectivity index (χ4n) is 1.31. The monoisotopic (exact) mass is 252 g/mol. The lowest BCUT2D eigenvalue weighted by molar-refractivity contribution is 0.480. The van der Waals surface area contributed by atoms with Crippen molar-refractivity contribution in [2.45, 2.75) is 4.90 Å². The van der Waals surface area contributed by atoms with Crippen molar-refractivity contribution in [3.8, 4) is 11.5 Å². The number of para-hydroxylation sites is 1. The zero-order valence-electron chi connectivity index (χ0n) is 8.71. The van der Waals surface area contributed by atoms with Crippen LogP contribution in [0.4, 0.5) is 3.89 Å². The number of ether oxygens (including phenoxy) is 1. The van der Waals surface area contributed by atoms with Crippen molar-refractivity contribution in [2.75, 3.05) is 0 Å². The van der Waals surface area contributed by atoms with Crippen LogP contribution in [0, 0.1) is 0 Å². The first-order chi connectivity index (χ1) is 8.05. The number of halogens is 1. The van der Waals surface area contributed by atoms with Gasteiger partial charge in [-0.3, -0.25) is 0 Å². The van der Waals surface area contributed by atoms with Gasteiger partial charge in [-0.15, -0.1) is 3.89 Å². The summed E-state index contributed by atoms with van der Waals surface area (Å²) < 4.78 is 39.6. The molecule has 3 nitrogen and oxygen atoms in total. The SMILES string of the molecule is O=S(=O)(F)c1cccc(Oc2ccccc2)c1. The minimum absolute atomic E-state index is 0.273. The van der Waals surface area contributed by atoms with Crippen LogP contribution in [0.3, 0.4) is 0 Å². The fraction of sp³-hybridized carbons (Fsp3) is 0. The fourth-order valence-corrected chi connectivity index (χ4v) is 1.81. The van der Waals surface area contributed by atoms with E-state index in [1.165, 1.54) is 12.1 Å². The second-order valence-corrected chi connectivity index (χ2v) is 4.67. The third-order valence-corrected chi connectivity index (χ3v) is 2.88. The molecule has 2 rings (SSSR count). The molecule has 5 heteroatoms. The van der Waals surface area contributed by atoms with Gasteiger partial charge in [0.05, 0.1) is 0 Å². The van der Waals surface area contributed by atoms with Crippen LogP contribution >= 0.6 is 0 Å². The summed E-state index contributed by atoms with van der Waals surface area (Å²) in [6.07, 6.45) is 0. The van der Waals surface area contributed by atoms with Gasteiger partial charge < -0.3 is 4.74 Å². The maximum atomic E-state index is 12.8. The minimum atomic E-state index is -4.70. The molecule has 0 atom stereocenters. The van der Waals surface area contributed by atoms with Crippen molar-refractivity contribution in [3.05, 3.63) is 54.6 Å². The van der Waals surface area contributed by atoms with Gasteiger partial charge in [-0.1, -0.05) is 24.3 Å². The lowest BCUT2D eigenvalue weighted by Crippen LogP contribution is -1.92. The number of hydrogen-bond acceptors (Lipinski definition) is 3. The van der Waals surface area contributed by atoms with Crippen molar-refractivity contribution in [3.63, 3.8) is 0 Å². The molecule has 0 fully saturated rings. The Morgan fingerprint density at radius 3 is 2.18 bits per heavy atom. The smallest absolute Gasteiger partial charge is 0.332 e. The molecule has 0 unspecified atom stereocenters. The van der Waals surface area contributed by atoms with Gasteiger partial charge in [-0.05, 0) is 24.3 Å². The average molecular weight is 252 g/mol. The topological polar surface area (TPSA) is 43.4 Å². The van der Waals surface area contributed by atoms with Gasteiger partial charge in [0.1, 0.15) is 16.4 Å². The Morgan fingerprint density at radius 1 is 0.882 bits per heavy atom. The van der Waals surface area contributed by atoms with Gasteiger partial charge in [0, 0.05) is 6.07 Å². The zero-order valence-corrected chi connectivity index (χ0v) is 9.52. The molecule has 0 aliphatic heterocycles. The Bertz CT molecular complexity index is 609. The molecule has 0 bridgehead atoms. The Labute approximate surface area is 98.7 Å². The highest BCUT2D eigenvalue weighted by Gasteiger charge is 2.12. The summed E-state index contributed by atoms with van der Waals surface area (Å²) in [5.74, 6) is 0.829. The summed E-state index contributed by atoms with van der Waals surface area (Å²) in [7, 11) is -4.70. The standard InChI is InChI=1S/C12H9FO3S/c13-17(14,15)12-8-4-7-11(9-12)16-10-5-2-1-3-6-10/h1-9H. The predicted molar refractivity (Wildman–Crippen MR) is 61.3 cm³/mol. The van der Waals surface area contributed by atoms with Crippen LogP contribution < -0.4 is 4.74 Å². The Kier molecular flexibility index (Phi) is 3.10. The van der Waals surface area contributed by atoms with Crippen LogP contribution in [0.1, 0.15) is 0 Å². The van der Waals surface area contributed by atoms with E-state index < -0.39 is 15.1 Å². The first-order valence-electron chi connectivity index (χ1n) is 4.83. The maximum Gasteiger partial charge on any atom is 0.332 e.